The Bertz CT molecular complexity index is 655. The van der Waals surface area contributed by atoms with Crippen molar-refractivity contribution in [1.29, 1.82) is 0 Å². The average Bonchev–Trinajstić information content (AvgIpc) is 2.50. The smallest absolute Gasteiger partial charge is 0.223 e. The van der Waals surface area contributed by atoms with Crippen LogP contribution in [0, 0.1) is 13.8 Å². The van der Waals surface area contributed by atoms with Crippen molar-refractivity contribution in [2.24, 2.45) is 0 Å². The van der Waals surface area contributed by atoms with Crippen molar-refractivity contribution in [2.45, 2.75) is 33.2 Å². The highest BCUT2D eigenvalue weighted by Crippen LogP contribution is 2.14. The predicted octanol–water partition coefficient (Wildman–Crippen LogP) is 3.26. The van der Waals surface area contributed by atoms with Crippen molar-refractivity contribution in [3.63, 3.8) is 0 Å². The number of carbonyl (C=O) groups excluding carboxylic acids is 1. The van der Waals surface area contributed by atoms with Gasteiger partial charge in [0, 0.05) is 35.9 Å². The quantitative estimate of drug-likeness (QED) is 0.764. The molecule has 0 saturated heterocycles. The minimum absolute atomic E-state index is 0.00746. The molecule has 1 amide bonds. The van der Waals surface area contributed by atoms with E-state index in [9.17, 15) is 4.79 Å². The van der Waals surface area contributed by atoms with Crippen molar-refractivity contribution in [3.05, 3.63) is 52.3 Å². The lowest BCUT2D eigenvalue weighted by Gasteiger charge is -2.08. The summed E-state index contributed by atoms with van der Waals surface area (Å²) in [7, 11) is 0. The topological polar surface area (TPSA) is 66.9 Å². The number of rotatable bonds is 7. The highest BCUT2D eigenvalue weighted by Gasteiger charge is 2.04. The predicted molar refractivity (Wildman–Crippen MR) is 92.5 cm³/mol. The summed E-state index contributed by atoms with van der Waals surface area (Å²) in [5.74, 6) is 0.618. The molecule has 0 atom stereocenters. The molecule has 2 aromatic rings. The van der Waals surface area contributed by atoms with E-state index in [0.29, 0.717) is 36.9 Å². The molecule has 1 heterocycles. The third kappa shape index (κ3) is 5.87. The molecule has 1 aromatic heterocycles. The van der Waals surface area contributed by atoms with Crippen LogP contribution in [0.1, 0.15) is 29.8 Å². The fraction of sp³-hybridized carbons (Fsp3) is 0.353. The van der Waals surface area contributed by atoms with Crippen molar-refractivity contribution in [3.8, 4) is 0 Å². The van der Waals surface area contributed by atoms with Gasteiger partial charge in [-0.1, -0.05) is 29.8 Å². The van der Waals surface area contributed by atoms with Gasteiger partial charge in [0.05, 0.1) is 0 Å². The van der Waals surface area contributed by atoms with Gasteiger partial charge in [0.15, 0.2) is 0 Å². The standard InChI is InChI=1S/C17H21ClN4O/c1-12-10-13(2)22-17(21-12)19-9-5-8-16(23)20-11-14-6-3-4-7-15(14)18/h3-4,6-7,10H,5,8-9,11H2,1-2H3,(H,20,23)(H,19,21,22). The number of amides is 1. The number of nitrogens with zero attached hydrogens (tertiary/aromatic N) is 2. The molecule has 6 heteroatoms. The summed E-state index contributed by atoms with van der Waals surface area (Å²) in [5.41, 5.74) is 2.78. The SMILES string of the molecule is Cc1cc(C)nc(NCCCC(=O)NCc2ccccc2Cl)n1. The van der Waals surface area contributed by atoms with Gasteiger partial charge in [-0.15, -0.1) is 0 Å². The van der Waals surface area contributed by atoms with E-state index in [0.717, 1.165) is 17.0 Å². The fourth-order valence-electron chi connectivity index (χ4n) is 2.18. The van der Waals surface area contributed by atoms with E-state index in [-0.39, 0.29) is 5.91 Å². The van der Waals surface area contributed by atoms with Crippen LogP contribution in [0.15, 0.2) is 30.3 Å². The third-order valence-electron chi connectivity index (χ3n) is 3.28. The van der Waals surface area contributed by atoms with E-state index >= 15 is 0 Å². The Morgan fingerprint density at radius 1 is 1.17 bits per heavy atom. The van der Waals surface area contributed by atoms with Crippen LogP contribution in [0.3, 0.4) is 0 Å². The summed E-state index contributed by atoms with van der Waals surface area (Å²) in [6.07, 6.45) is 1.16. The molecule has 0 saturated carbocycles. The summed E-state index contributed by atoms with van der Waals surface area (Å²) in [6.45, 7) is 4.97. The largest absolute Gasteiger partial charge is 0.354 e. The molecular weight excluding hydrogens is 312 g/mol. The molecule has 23 heavy (non-hydrogen) atoms. The van der Waals surface area contributed by atoms with Gasteiger partial charge in [-0.2, -0.15) is 0 Å². The Kier molecular flexibility index (Phi) is 6.35. The van der Waals surface area contributed by atoms with E-state index < -0.39 is 0 Å². The molecule has 5 nitrogen and oxygen atoms in total. The summed E-state index contributed by atoms with van der Waals surface area (Å²) in [4.78, 5) is 20.4. The van der Waals surface area contributed by atoms with Gasteiger partial charge >= 0.3 is 0 Å². The molecule has 0 unspecified atom stereocenters. The number of aryl methyl sites for hydroxylation is 2. The van der Waals surface area contributed by atoms with Crippen molar-refractivity contribution in [1.82, 2.24) is 15.3 Å². The van der Waals surface area contributed by atoms with E-state index in [1.807, 2.05) is 44.2 Å². The Labute approximate surface area is 141 Å². The molecule has 2 N–H and O–H groups in total. The zero-order chi connectivity index (χ0) is 16.7. The van der Waals surface area contributed by atoms with Crippen LogP contribution in [0.25, 0.3) is 0 Å². The first kappa shape index (κ1) is 17.2. The number of benzene rings is 1. The molecule has 2 rings (SSSR count). The van der Waals surface area contributed by atoms with Gasteiger partial charge in [0.2, 0.25) is 11.9 Å². The molecule has 0 aliphatic carbocycles. The summed E-state index contributed by atoms with van der Waals surface area (Å²) in [5, 5.41) is 6.68. The Hall–Kier alpha value is -2.14. The Morgan fingerprint density at radius 3 is 2.57 bits per heavy atom. The lowest BCUT2D eigenvalue weighted by molar-refractivity contribution is -0.121. The molecule has 0 aliphatic heterocycles. The highest BCUT2D eigenvalue weighted by molar-refractivity contribution is 6.31. The van der Waals surface area contributed by atoms with Crippen LogP contribution in [0.2, 0.25) is 5.02 Å². The van der Waals surface area contributed by atoms with Gasteiger partial charge in [-0.05, 0) is 38.0 Å². The molecule has 122 valence electrons. The Balaban J connectivity index is 1.68. The first-order chi connectivity index (χ1) is 11.0. The lowest BCUT2D eigenvalue weighted by Crippen LogP contribution is -2.23. The first-order valence-electron chi connectivity index (χ1n) is 7.61. The minimum atomic E-state index is 0.00746. The number of hydrogen-bond donors (Lipinski definition) is 2. The molecule has 1 aromatic carbocycles. The molecule has 0 radical (unpaired) electrons. The van der Waals surface area contributed by atoms with Gasteiger partial charge in [0.25, 0.3) is 0 Å². The van der Waals surface area contributed by atoms with Crippen LogP contribution in [-0.2, 0) is 11.3 Å². The normalized spacial score (nSPS) is 10.4. The molecule has 0 spiro atoms. The number of aromatic nitrogens is 2. The zero-order valence-corrected chi connectivity index (χ0v) is 14.2. The van der Waals surface area contributed by atoms with Crippen LogP contribution < -0.4 is 10.6 Å². The number of anilines is 1. The van der Waals surface area contributed by atoms with Crippen molar-refractivity contribution in [2.75, 3.05) is 11.9 Å². The van der Waals surface area contributed by atoms with Crippen molar-refractivity contribution >= 4 is 23.5 Å². The van der Waals surface area contributed by atoms with Gasteiger partial charge < -0.3 is 10.6 Å². The van der Waals surface area contributed by atoms with Crippen LogP contribution in [-0.4, -0.2) is 22.4 Å². The maximum Gasteiger partial charge on any atom is 0.223 e. The monoisotopic (exact) mass is 332 g/mol. The first-order valence-corrected chi connectivity index (χ1v) is 7.98. The van der Waals surface area contributed by atoms with Crippen LogP contribution in [0.5, 0.6) is 0 Å². The summed E-state index contributed by atoms with van der Waals surface area (Å²) in [6, 6.07) is 9.42. The molecule has 0 bridgehead atoms. The number of hydrogen-bond acceptors (Lipinski definition) is 4. The average molecular weight is 333 g/mol. The lowest BCUT2D eigenvalue weighted by atomic mass is 10.2. The molecular formula is C17H21ClN4O. The second-order valence-corrected chi connectivity index (χ2v) is 5.78. The second kappa shape index (κ2) is 8.48. The van der Waals surface area contributed by atoms with E-state index in [1.54, 1.807) is 0 Å². The number of nitrogens with one attached hydrogen (secondary N) is 2. The minimum Gasteiger partial charge on any atom is -0.354 e. The maximum atomic E-state index is 11.8. The fourth-order valence-corrected chi connectivity index (χ4v) is 2.38. The second-order valence-electron chi connectivity index (χ2n) is 5.37. The van der Waals surface area contributed by atoms with Crippen LogP contribution in [0.4, 0.5) is 5.95 Å². The number of carbonyl (C=O) groups is 1. The third-order valence-corrected chi connectivity index (χ3v) is 3.65. The summed E-state index contributed by atoms with van der Waals surface area (Å²) >= 11 is 6.05. The van der Waals surface area contributed by atoms with Gasteiger partial charge in [-0.3, -0.25) is 4.79 Å². The zero-order valence-electron chi connectivity index (χ0n) is 13.4. The number of halogens is 1. The maximum absolute atomic E-state index is 11.8. The van der Waals surface area contributed by atoms with Gasteiger partial charge in [-0.25, -0.2) is 9.97 Å². The van der Waals surface area contributed by atoms with Crippen molar-refractivity contribution < 1.29 is 4.79 Å². The van der Waals surface area contributed by atoms with E-state index in [1.165, 1.54) is 0 Å². The van der Waals surface area contributed by atoms with Crippen LogP contribution >= 0.6 is 11.6 Å². The van der Waals surface area contributed by atoms with Gasteiger partial charge in [0.1, 0.15) is 0 Å². The molecule has 0 fully saturated rings. The summed E-state index contributed by atoms with van der Waals surface area (Å²) < 4.78 is 0. The molecule has 0 aliphatic rings. The highest BCUT2D eigenvalue weighted by atomic mass is 35.5. The van der Waals surface area contributed by atoms with E-state index in [2.05, 4.69) is 20.6 Å². The van der Waals surface area contributed by atoms with E-state index in [4.69, 9.17) is 11.6 Å². The Morgan fingerprint density at radius 2 is 1.87 bits per heavy atom.